The molecule has 0 rings (SSSR count). The normalized spacial score (nSPS) is 11.2. The number of amides is 2. The molecule has 0 aromatic heterocycles. The molecule has 0 fully saturated rings. The number of hydrogen-bond donors (Lipinski definition) is 0. The predicted octanol–water partition coefficient (Wildman–Crippen LogP) is 0.502. The molecule has 0 saturated carbocycles. The van der Waals surface area contributed by atoms with Crippen LogP contribution in [-0.4, -0.2) is 68.2 Å². The molecule has 0 aromatic rings. The zero-order valence-electron chi connectivity index (χ0n) is 10.6. The van der Waals surface area contributed by atoms with Gasteiger partial charge >= 0.3 is 6.18 Å². The highest BCUT2D eigenvalue weighted by molar-refractivity contribution is 5.85. The number of halogens is 3. The van der Waals surface area contributed by atoms with Gasteiger partial charge in [-0.1, -0.05) is 0 Å². The van der Waals surface area contributed by atoms with Crippen LogP contribution in [0.1, 0.15) is 6.92 Å². The van der Waals surface area contributed by atoms with Crippen LogP contribution in [0.3, 0.4) is 0 Å². The smallest absolute Gasteiger partial charge is 0.372 e. The Morgan fingerprint density at radius 3 is 2.11 bits per heavy atom. The van der Waals surface area contributed by atoms with Crippen LogP contribution in [0.15, 0.2) is 0 Å². The SMILES string of the molecule is CCOCC(=O)N(CC(=O)N(C)C)CC(F)(F)F. The van der Waals surface area contributed by atoms with Crippen molar-refractivity contribution in [3.63, 3.8) is 0 Å². The van der Waals surface area contributed by atoms with Gasteiger partial charge in [0.25, 0.3) is 0 Å². The van der Waals surface area contributed by atoms with Crippen molar-refractivity contribution in [3.05, 3.63) is 0 Å². The summed E-state index contributed by atoms with van der Waals surface area (Å²) in [6.45, 7) is -0.705. The summed E-state index contributed by atoms with van der Waals surface area (Å²) in [5.41, 5.74) is 0. The van der Waals surface area contributed by atoms with E-state index in [0.717, 1.165) is 4.90 Å². The first-order valence-electron chi connectivity index (χ1n) is 5.29. The number of alkyl halides is 3. The van der Waals surface area contributed by atoms with E-state index in [2.05, 4.69) is 0 Å². The van der Waals surface area contributed by atoms with Gasteiger partial charge in [0.05, 0.1) is 0 Å². The minimum Gasteiger partial charge on any atom is -0.372 e. The second kappa shape index (κ2) is 7.20. The molecule has 18 heavy (non-hydrogen) atoms. The lowest BCUT2D eigenvalue weighted by Crippen LogP contribution is -2.46. The maximum Gasteiger partial charge on any atom is 0.406 e. The molecule has 2 amide bonds. The summed E-state index contributed by atoms with van der Waals surface area (Å²) in [6.07, 6.45) is -4.55. The largest absolute Gasteiger partial charge is 0.406 e. The fourth-order valence-electron chi connectivity index (χ4n) is 1.03. The van der Waals surface area contributed by atoms with E-state index in [9.17, 15) is 22.8 Å². The van der Waals surface area contributed by atoms with Crippen LogP contribution in [0.2, 0.25) is 0 Å². The summed E-state index contributed by atoms with van der Waals surface area (Å²) in [5.74, 6) is -1.44. The van der Waals surface area contributed by atoms with Gasteiger partial charge in [-0.15, -0.1) is 0 Å². The van der Waals surface area contributed by atoms with E-state index in [1.165, 1.54) is 14.1 Å². The molecule has 0 heterocycles. The third kappa shape index (κ3) is 7.10. The first kappa shape index (κ1) is 16.7. The van der Waals surface area contributed by atoms with Gasteiger partial charge in [-0.25, -0.2) is 0 Å². The lowest BCUT2D eigenvalue weighted by atomic mass is 10.4. The van der Waals surface area contributed by atoms with Crippen LogP contribution >= 0.6 is 0 Å². The number of nitrogens with zero attached hydrogens (tertiary/aromatic N) is 2. The van der Waals surface area contributed by atoms with Crippen molar-refractivity contribution in [2.75, 3.05) is 40.4 Å². The minimum atomic E-state index is -4.55. The molecule has 0 aliphatic rings. The molecule has 0 N–H and O–H groups in total. The van der Waals surface area contributed by atoms with Crippen LogP contribution in [0, 0.1) is 0 Å². The van der Waals surface area contributed by atoms with Gasteiger partial charge in [-0.3, -0.25) is 9.59 Å². The minimum absolute atomic E-state index is 0.216. The fourth-order valence-corrected chi connectivity index (χ4v) is 1.03. The highest BCUT2D eigenvalue weighted by atomic mass is 19.4. The average Bonchev–Trinajstić information content (AvgIpc) is 2.22. The second-order valence-electron chi connectivity index (χ2n) is 3.79. The highest BCUT2D eigenvalue weighted by Crippen LogP contribution is 2.16. The van der Waals surface area contributed by atoms with E-state index in [0.29, 0.717) is 4.90 Å². The van der Waals surface area contributed by atoms with E-state index in [1.54, 1.807) is 6.92 Å². The Labute approximate surface area is 103 Å². The van der Waals surface area contributed by atoms with E-state index in [4.69, 9.17) is 4.74 Å². The molecule has 8 heteroatoms. The molecule has 0 saturated heterocycles. The van der Waals surface area contributed by atoms with E-state index >= 15 is 0 Å². The monoisotopic (exact) mass is 270 g/mol. The molecular formula is C10H17F3N2O3. The summed E-state index contributed by atoms with van der Waals surface area (Å²) in [4.78, 5) is 24.4. The van der Waals surface area contributed by atoms with Crippen molar-refractivity contribution in [1.29, 1.82) is 0 Å². The average molecular weight is 270 g/mol. The van der Waals surface area contributed by atoms with Crippen molar-refractivity contribution in [1.82, 2.24) is 9.80 Å². The molecule has 0 spiro atoms. The summed E-state index contributed by atoms with van der Waals surface area (Å²) >= 11 is 0. The summed E-state index contributed by atoms with van der Waals surface area (Å²) in [6, 6.07) is 0. The van der Waals surface area contributed by atoms with Crippen molar-refractivity contribution in [3.8, 4) is 0 Å². The number of carbonyl (C=O) groups is 2. The summed E-state index contributed by atoms with van der Waals surface area (Å²) in [5, 5.41) is 0. The van der Waals surface area contributed by atoms with Crippen molar-refractivity contribution in [2.45, 2.75) is 13.1 Å². The second-order valence-corrected chi connectivity index (χ2v) is 3.79. The topological polar surface area (TPSA) is 49.9 Å². The number of carbonyl (C=O) groups excluding carboxylic acids is 2. The standard InChI is InChI=1S/C10H17F3N2O3/c1-4-18-6-9(17)15(7-10(11,12)13)5-8(16)14(2)3/h4-7H2,1-3H3. The Kier molecular flexibility index (Phi) is 6.67. The van der Waals surface area contributed by atoms with E-state index < -0.39 is 37.7 Å². The van der Waals surface area contributed by atoms with E-state index in [-0.39, 0.29) is 6.61 Å². The molecule has 0 unspecified atom stereocenters. The summed E-state index contributed by atoms with van der Waals surface area (Å²) in [7, 11) is 2.81. The van der Waals surface area contributed by atoms with Crippen LogP contribution in [0.4, 0.5) is 13.2 Å². The van der Waals surface area contributed by atoms with Gasteiger partial charge in [0.15, 0.2) is 0 Å². The number of hydrogen-bond acceptors (Lipinski definition) is 3. The number of rotatable bonds is 6. The van der Waals surface area contributed by atoms with Crippen LogP contribution < -0.4 is 0 Å². The van der Waals surface area contributed by atoms with Crippen molar-refractivity contribution >= 4 is 11.8 Å². The molecular weight excluding hydrogens is 253 g/mol. The van der Waals surface area contributed by atoms with Gasteiger partial charge in [0, 0.05) is 20.7 Å². The molecule has 0 bridgehead atoms. The van der Waals surface area contributed by atoms with Gasteiger partial charge in [0.2, 0.25) is 11.8 Å². The zero-order chi connectivity index (χ0) is 14.3. The molecule has 106 valence electrons. The third-order valence-electron chi connectivity index (χ3n) is 1.98. The summed E-state index contributed by atoms with van der Waals surface area (Å²) < 4.78 is 41.6. The molecule has 0 aromatic carbocycles. The first-order valence-corrected chi connectivity index (χ1v) is 5.29. The Balaban J connectivity index is 4.61. The third-order valence-corrected chi connectivity index (χ3v) is 1.98. The zero-order valence-corrected chi connectivity index (χ0v) is 10.6. The van der Waals surface area contributed by atoms with Gasteiger partial charge < -0.3 is 14.5 Å². The van der Waals surface area contributed by atoms with Crippen LogP contribution in [-0.2, 0) is 14.3 Å². The molecule has 0 aliphatic carbocycles. The van der Waals surface area contributed by atoms with Crippen LogP contribution in [0.25, 0.3) is 0 Å². The quantitative estimate of drug-likeness (QED) is 0.706. The lowest BCUT2D eigenvalue weighted by Gasteiger charge is -2.24. The number of ether oxygens (including phenoxy) is 1. The van der Waals surface area contributed by atoms with Crippen molar-refractivity contribution in [2.24, 2.45) is 0 Å². The van der Waals surface area contributed by atoms with Gasteiger partial charge in [-0.05, 0) is 6.92 Å². The molecule has 0 aliphatic heterocycles. The van der Waals surface area contributed by atoms with Gasteiger partial charge in [-0.2, -0.15) is 13.2 Å². The maximum atomic E-state index is 12.3. The van der Waals surface area contributed by atoms with Gasteiger partial charge in [0.1, 0.15) is 19.7 Å². The van der Waals surface area contributed by atoms with Crippen molar-refractivity contribution < 1.29 is 27.5 Å². The Bertz CT molecular complexity index is 293. The Hall–Kier alpha value is -1.31. The predicted molar refractivity (Wildman–Crippen MR) is 57.8 cm³/mol. The number of likely N-dealkylation sites (N-methyl/N-ethyl adjacent to an activating group) is 1. The Morgan fingerprint density at radius 2 is 1.72 bits per heavy atom. The van der Waals surface area contributed by atoms with E-state index in [1.807, 2.05) is 0 Å². The molecule has 0 atom stereocenters. The first-order chi connectivity index (χ1) is 8.17. The Morgan fingerprint density at radius 1 is 1.17 bits per heavy atom. The molecule has 5 nitrogen and oxygen atoms in total. The lowest BCUT2D eigenvalue weighted by molar-refractivity contribution is -0.166. The fraction of sp³-hybridized carbons (Fsp3) is 0.800. The molecule has 0 radical (unpaired) electrons. The maximum absolute atomic E-state index is 12.3. The van der Waals surface area contributed by atoms with Crippen LogP contribution in [0.5, 0.6) is 0 Å². The highest BCUT2D eigenvalue weighted by Gasteiger charge is 2.34.